The van der Waals surface area contributed by atoms with E-state index in [1.165, 1.54) is 6.33 Å². The number of anilines is 2. The predicted molar refractivity (Wildman–Crippen MR) is 64.7 cm³/mol. The minimum atomic E-state index is -0.585. The van der Waals surface area contributed by atoms with E-state index >= 15 is 0 Å². The average molecular weight is 240 g/mol. The molecule has 1 aromatic heterocycles. The van der Waals surface area contributed by atoms with Crippen LogP contribution in [0.3, 0.4) is 0 Å². The van der Waals surface area contributed by atoms with E-state index in [9.17, 15) is 10.1 Å². The van der Waals surface area contributed by atoms with Gasteiger partial charge in [-0.05, 0) is 21.0 Å². The van der Waals surface area contributed by atoms with Crippen molar-refractivity contribution < 1.29 is 4.92 Å². The largest absolute Gasteiger partial charge is 0.378 e. The summed E-state index contributed by atoms with van der Waals surface area (Å²) in [5.41, 5.74) is 5.17. The molecule has 0 amide bonds. The number of nitrogens with two attached hydrogens (primary N) is 1. The number of likely N-dealkylation sites (N-methyl/N-ethyl adjacent to an activating group) is 1. The Kier molecular flexibility index (Phi) is 4.16. The fraction of sp³-hybridized carbons (Fsp3) is 0.556. The molecule has 1 unspecified atom stereocenters. The molecule has 1 atom stereocenters. The van der Waals surface area contributed by atoms with Crippen molar-refractivity contribution in [1.82, 2.24) is 14.9 Å². The first-order chi connectivity index (χ1) is 7.93. The van der Waals surface area contributed by atoms with Crippen molar-refractivity contribution >= 4 is 17.3 Å². The highest BCUT2D eigenvalue weighted by molar-refractivity contribution is 5.67. The lowest BCUT2D eigenvalue weighted by Gasteiger charge is -2.20. The number of rotatable bonds is 5. The van der Waals surface area contributed by atoms with E-state index in [0.717, 1.165) is 0 Å². The average Bonchev–Trinajstić information content (AvgIpc) is 2.24. The zero-order chi connectivity index (χ0) is 13.0. The SMILES string of the molecule is CC(CNc1ncnc(N)c1[N+](=O)[O-])N(C)C. The standard InChI is InChI=1S/C9H16N6O2/c1-6(14(2)3)4-11-9-7(15(16)17)8(10)12-5-13-9/h5-6H,4H2,1-3H3,(H3,10,11,12,13). The predicted octanol–water partition coefficient (Wildman–Crippen LogP) is 0.329. The van der Waals surface area contributed by atoms with Crippen LogP contribution >= 0.6 is 0 Å². The Morgan fingerprint density at radius 3 is 2.76 bits per heavy atom. The Labute approximate surface area is 99.0 Å². The molecule has 3 N–H and O–H groups in total. The first-order valence-electron chi connectivity index (χ1n) is 5.08. The number of nitrogens with zero attached hydrogens (tertiary/aromatic N) is 4. The molecule has 8 nitrogen and oxygen atoms in total. The molecule has 94 valence electrons. The molecule has 1 aromatic rings. The highest BCUT2D eigenvalue weighted by Gasteiger charge is 2.21. The molecule has 0 aliphatic carbocycles. The Morgan fingerprint density at radius 1 is 1.59 bits per heavy atom. The van der Waals surface area contributed by atoms with E-state index in [1.54, 1.807) is 0 Å². The number of hydrogen-bond donors (Lipinski definition) is 2. The smallest absolute Gasteiger partial charge is 0.352 e. The van der Waals surface area contributed by atoms with Crippen LogP contribution in [-0.4, -0.2) is 46.5 Å². The van der Waals surface area contributed by atoms with Gasteiger partial charge in [0.2, 0.25) is 11.6 Å². The van der Waals surface area contributed by atoms with Gasteiger partial charge in [-0.2, -0.15) is 0 Å². The first-order valence-corrected chi connectivity index (χ1v) is 5.08. The van der Waals surface area contributed by atoms with Crippen molar-refractivity contribution in [3.8, 4) is 0 Å². The zero-order valence-corrected chi connectivity index (χ0v) is 10.0. The lowest BCUT2D eigenvalue weighted by molar-refractivity contribution is -0.383. The zero-order valence-electron chi connectivity index (χ0n) is 10.0. The van der Waals surface area contributed by atoms with Gasteiger partial charge < -0.3 is 16.0 Å². The van der Waals surface area contributed by atoms with Crippen molar-refractivity contribution in [3.05, 3.63) is 16.4 Å². The molecular weight excluding hydrogens is 224 g/mol. The Hall–Kier alpha value is -1.96. The van der Waals surface area contributed by atoms with Gasteiger partial charge in [0.1, 0.15) is 6.33 Å². The number of nitrogens with one attached hydrogen (secondary N) is 1. The molecule has 0 bridgehead atoms. The third-order valence-electron chi connectivity index (χ3n) is 2.48. The molecule has 17 heavy (non-hydrogen) atoms. The molecule has 1 heterocycles. The van der Waals surface area contributed by atoms with Crippen LogP contribution in [0.2, 0.25) is 0 Å². The van der Waals surface area contributed by atoms with Gasteiger partial charge in [-0.3, -0.25) is 10.1 Å². The van der Waals surface area contributed by atoms with Crippen LogP contribution in [0.25, 0.3) is 0 Å². The summed E-state index contributed by atoms with van der Waals surface area (Å²) in [6, 6.07) is 0.214. The maximum absolute atomic E-state index is 10.8. The second-order valence-corrected chi connectivity index (χ2v) is 3.91. The molecule has 0 aliphatic rings. The molecule has 1 rings (SSSR count). The Balaban J connectivity index is 2.84. The molecule has 0 saturated heterocycles. The van der Waals surface area contributed by atoms with Gasteiger partial charge in [-0.25, -0.2) is 9.97 Å². The molecule has 0 spiro atoms. The van der Waals surface area contributed by atoms with Crippen molar-refractivity contribution in [3.63, 3.8) is 0 Å². The highest BCUT2D eigenvalue weighted by atomic mass is 16.6. The second kappa shape index (κ2) is 5.39. The van der Waals surface area contributed by atoms with E-state index in [0.29, 0.717) is 6.54 Å². The highest BCUT2D eigenvalue weighted by Crippen LogP contribution is 2.25. The monoisotopic (exact) mass is 240 g/mol. The van der Waals surface area contributed by atoms with Gasteiger partial charge in [-0.15, -0.1) is 0 Å². The van der Waals surface area contributed by atoms with Crippen LogP contribution in [0.15, 0.2) is 6.33 Å². The molecule has 0 saturated carbocycles. The van der Waals surface area contributed by atoms with Crippen LogP contribution in [-0.2, 0) is 0 Å². The minimum absolute atomic E-state index is 0.134. The number of hydrogen-bond acceptors (Lipinski definition) is 7. The Morgan fingerprint density at radius 2 is 2.24 bits per heavy atom. The van der Waals surface area contributed by atoms with E-state index in [2.05, 4.69) is 15.3 Å². The summed E-state index contributed by atoms with van der Waals surface area (Å²) in [6.45, 7) is 2.52. The van der Waals surface area contributed by atoms with Crippen LogP contribution in [0, 0.1) is 10.1 Å². The second-order valence-electron chi connectivity index (χ2n) is 3.91. The lowest BCUT2D eigenvalue weighted by atomic mass is 10.3. The van der Waals surface area contributed by atoms with E-state index in [4.69, 9.17) is 5.73 Å². The van der Waals surface area contributed by atoms with E-state index in [-0.39, 0.29) is 23.4 Å². The lowest BCUT2D eigenvalue weighted by Crippen LogP contribution is -2.31. The van der Waals surface area contributed by atoms with Gasteiger partial charge in [0.05, 0.1) is 4.92 Å². The maximum atomic E-state index is 10.8. The van der Waals surface area contributed by atoms with Gasteiger partial charge >= 0.3 is 5.69 Å². The van der Waals surface area contributed by atoms with Gasteiger partial charge in [0.25, 0.3) is 0 Å². The van der Waals surface area contributed by atoms with E-state index < -0.39 is 4.92 Å². The summed E-state index contributed by atoms with van der Waals surface area (Å²) < 4.78 is 0. The molecule has 0 radical (unpaired) electrons. The van der Waals surface area contributed by atoms with Crippen LogP contribution in [0.5, 0.6) is 0 Å². The summed E-state index contributed by atoms with van der Waals surface area (Å²) in [7, 11) is 3.85. The van der Waals surface area contributed by atoms with Gasteiger partial charge in [0.15, 0.2) is 0 Å². The molecule has 0 fully saturated rings. The Bertz CT molecular complexity index is 408. The maximum Gasteiger partial charge on any atom is 0.352 e. The quantitative estimate of drug-likeness (QED) is 0.563. The minimum Gasteiger partial charge on any atom is -0.378 e. The van der Waals surface area contributed by atoms with Gasteiger partial charge in [-0.1, -0.05) is 0 Å². The molecule has 0 aromatic carbocycles. The van der Waals surface area contributed by atoms with Crippen LogP contribution in [0.1, 0.15) is 6.92 Å². The third-order valence-corrected chi connectivity index (χ3v) is 2.48. The van der Waals surface area contributed by atoms with E-state index in [1.807, 2.05) is 25.9 Å². The molecular formula is C9H16N6O2. The molecule has 0 aliphatic heterocycles. The summed E-state index contributed by atoms with van der Waals surface area (Å²) >= 11 is 0. The van der Waals surface area contributed by atoms with Crippen molar-refractivity contribution in [2.45, 2.75) is 13.0 Å². The molecule has 8 heteroatoms. The third kappa shape index (κ3) is 3.25. The van der Waals surface area contributed by atoms with Crippen LogP contribution < -0.4 is 11.1 Å². The summed E-state index contributed by atoms with van der Waals surface area (Å²) in [5.74, 6) is 0.0150. The fourth-order valence-electron chi connectivity index (χ4n) is 1.13. The van der Waals surface area contributed by atoms with Crippen molar-refractivity contribution in [2.24, 2.45) is 0 Å². The van der Waals surface area contributed by atoms with Crippen LogP contribution in [0.4, 0.5) is 17.3 Å². The first kappa shape index (κ1) is 13.1. The number of nitro groups is 1. The number of nitrogen functional groups attached to an aromatic ring is 1. The summed E-state index contributed by atoms with van der Waals surface area (Å²) in [5, 5.41) is 13.7. The van der Waals surface area contributed by atoms with Crippen molar-refractivity contribution in [1.29, 1.82) is 0 Å². The topological polar surface area (TPSA) is 110 Å². The number of aromatic nitrogens is 2. The summed E-state index contributed by atoms with van der Waals surface area (Å²) in [4.78, 5) is 19.6. The normalized spacial score (nSPS) is 12.5. The fourth-order valence-corrected chi connectivity index (χ4v) is 1.13. The van der Waals surface area contributed by atoms with Crippen molar-refractivity contribution in [2.75, 3.05) is 31.7 Å². The van der Waals surface area contributed by atoms with Gasteiger partial charge in [0, 0.05) is 12.6 Å². The summed E-state index contributed by atoms with van der Waals surface area (Å²) in [6.07, 6.45) is 1.20.